The van der Waals surface area contributed by atoms with E-state index in [1.54, 1.807) is 8.61 Å². The highest BCUT2D eigenvalue weighted by atomic mass is 32.2. The van der Waals surface area contributed by atoms with Crippen LogP contribution in [0.25, 0.3) is 0 Å². The van der Waals surface area contributed by atoms with Crippen molar-refractivity contribution in [2.24, 2.45) is 23.7 Å². The summed E-state index contributed by atoms with van der Waals surface area (Å²) in [6, 6.07) is 0.132. The fraction of sp³-hybridized carbons (Fsp3) is 1.00. The predicted octanol–water partition coefficient (Wildman–Crippen LogP) is 0.749. The van der Waals surface area contributed by atoms with Gasteiger partial charge in [-0.3, -0.25) is 0 Å². The van der Waals surface area contributed by atoms with Crippen LogP contribution in [0.15, 0.2) is 0 Å². The van der Waals surface area contributed by atoms with Gasteiger partial charge in [-0.1, -0.05) is 13.8 Å². The van der Waals surface area contributed by atoms with E-state index in [0.717, 1.165) is 19.5 Å². The molecule has 5 nitrogen and oxygen atoms in total. The highest BCUT2D eigenvalue weighted by molar-refractivity contribution is 7.86. The average Bonchev–Trinajstić information content (AvgIpc) is 2.92. The summed E-state index contributed by atoms with van der Waals surface area (Å²) in [4.78, 5) is 0. The molecule has 3 aliphatic rings. The number of piperidine rings is 1. The zero-order valence-electron chi connectivity index (χ0n) is 12.7. The number of rotatable bonds is 2. The molecule has 116 valence electrons. The number of hydrogen-bond acceptors (Lipinski definition) is 3. The third-order valence-electron chi connectivity index (χ3n) is 5.34. The van der Waals surface area contributed by atoms with Gasteiger partial charge < -0.3 is 5.32 Å². The van der Waals surface area contributed by atoms with Gasteiger partial charge in [-0.15, -0.1) is 0 Å². The Bertz CT molecular complexity index is 457. The fourth-order valence-electron chi connectivity index (χ4n) is 4.38. The molecule has 3 heterocycles. The third kappa shape index (κ3) is 2.40. The molecule has 0 bridgehead atoms. The molecule has 0 aromatic heterocycles. The van der Waals surface area contributed by atoms with Crippen LogP contribution >= 0.6 is 0 Å². The van der Waals surface area contributed by atoms with Gasteiger partial charge in [-0.2, -0.15) is 17.0 Å². The van der Waals surface area contributed by atoms with Crippen molar-refractivity contribution in [3.63, 3.8) is 0 Å². The van der Waals surface area contributed by atoms with E-state index in [9.17, 15) is 8.42 Å². The molecule has 6 heteroatoms. The van der Waals surface area contributed by atoms with E-state index in [4.69, 9.17) is 0 Å². The molecular weight excluding hydrogens is 274 g/mol. The van der Waals surface area contributed by atoms with E-state index in [-0.39, 0.29) is 6.04 Å². The van der Waals surface area contributed by atoms with Crippen LogP contribution in [0.4, 0.5) is 0 Å². The lowest BCUT2D eigenvalue weighted by Gasteiger charge is -2.37. The highest BCUT2D eigenvalue weighted by Gasteiger charge is 2.48. The Morgan fingerprint density at radius 2 is 1.65 bits per heavy atom. The largest absolute Gasteiger partial charge is 0.316 e. The zero-order valence-corrected chi connectivity index (χ0v) is 13.6. The van der Waals surface area contributed by atoms with Crippen LogP contribution in [0.1, 0.15) is 27.2 Å². The van der Waals surface area contributed by atoms with Crippen molar-refractivity contribution in [1.82, 2.24) is 13.9 Å². The molecule has 3 rings (SSSR count). The summed E-state index contributed by atoms with van der Waals surface area (Å²) >= 11 is 0. The van der Waals surface area contributed by atoms with Crippen molar-refractivity contribution < 1.29 is 8.42 Å². The van der Waals surface area contributed by atoms with E-state index in [0.29, 0.717) is 43.3 Å². The molecule has 0 radical (unpaired) electrons. The van der Waals surface area contributed by atoms with Crippen LogP contribution in [-0.2, 0) is 10.2 Å². The summed E-state index contributed by atoms with van der Waals surface area (Å²) in [6.07, 6.45) is 1.14. The summed E-state index contributed by atoms with van der Waals surface area (Å²) in [5, 5.41) is 3.39. The highest BCUT2D eigenvalue weighted by Crippen LogP contribution is 2.36. The Morgan fingerprint density at radius 3 is 2.25 bits per heavy atom. The molecule has 3 saturated heterocycles. The van der Waals surface area contributed by atoms with Gasteiger partial charge in [0, 0.05) is 25.7 Å². The molecule has 20 heavy (non-hydrogen) atoms. The topological polar surface area (TPSA) is 52.7 Å². The van der Waals surface area contributed by atoms with E-state index in [2.05, 4.69) is 26.1 Å². The van der Waals surface area contributed by atoms with E-state index in [1.807, 2.05) is 0 Å². The maximum absolute atomic E-state index is 13.0. The number of fused-ring (bicyclic) bond motifs is 1. The van der Waals surface area contributed by atoms with Gasteiger partial charge >= 0.3 is 0 Å². The van der Waals surface area contributed by atoms with Gasteiger partial charge in [0.2, 0.25) is 0 Å². The molecule has 5 atom stereocenters. The third-order valence-corrected chi connectivity index (χ3v) is 7.36. The van der Waals surface area contributed by atoms with Crippen molar-refractivity contribution in [3.05, 3.63) is 0 Å². The van der Waals surface area contributed by atoms with Gasteiger partial charge in [-0.05, 0) is 50.1 Å². The number of hydrogen-bond donors (Lipinski definition) is 1. The lowest BCUT2D eigenvalue weighted by Crippen LogP contribution is -2.51. The number of nitrogens with zero attached hydrogens (tertiary/aromatic N) is 2. The first-order valence-electron chi connectivity index (χ1n) is 7.87. The lowest BCUT2D eigenvalue weighted by atomic mass is 9.94. The first-order chi connectivity index (χ1) is 9.39. The van der Waals surface area contributed by atoms with E-state index >= 15 is 0 Å². The minimum atomic E-state index is -3.28. The van der Waals surface area contributed by atoms with Crippen LogP contribution < -0.4 is 5.32 Å². The minimum Gasteiger partial charge on any atom is -0.316 e. The van der Waals surface area contributed by atoms with Crippen LogP contribution in [0.5, 0.6) is 0 Å². The summed E-state index contributed by atoms with van der Waals surface area (Å²) in [5.74, 6) is 1.92. The van der Waals surface area contributed by atoms with Crippen LogP contribution in [0.3, 0.4) is 0 Å². The first-order valence-corrected chi connectivity index (χ1v) is 9.27. The second-order valence-electron chi connectivity index (χ2n) is 7.16. The standard InChI is InChI=1S/C14H27N3O2S/c1-10-4-11(2)8-16(7-10)20(18,19)17-9-13-5-15-6-14(13)12(17)3/h10-15H,4-9H2,1-3H3. The second kappa shape index (κ2) is 5.23. The normalized spacial score (nSPS) is 43.9. The van der Waals surface area contributed by atoms with Gasteiger partial charge in [0.05, 0.1) is 0 Å². The molecule has 1 N–H and O–H groups in total. The van der Waals surface area contributed by atoms with Crippen molar-refractivity contribution in [1.29, 1.82) is 0 Å². The fourth-order valence-corrected chi connectivity index (χ4v) is 6.51. The molecule has 5 unspecified atom stereocenters. The van der Waals surface area contributed by atoms with Gasteiger partial charge in [-0.25, -0.2) is 0 Å². The average molecular weight is 301 g/mol. The summed E-state index contributed by atoms with van der Waals surface area (Å²) in [5.41, 5.74) is 0. The Morgan fingerprint density at radius 1 is 1.00 bits per heavy atom. The molecule has 3 aliphatic heterocycles. The predicted molar refractivity (Wildman–Crippen MR) is 79.5 cm³/mol. The molecule has 0 saturated carbocycles. The van der Waals surface area contributed by atoms with Gasteiger partial charge in [0.25, 0.3) is 10.2 Å². The van der Waals surface area contributed by atoms with Gasteiger partial charge in [0.1, 0.15) is 0 Å². The monoisotopic (exact) mass is 301 g/mol. The Hall–Kier alpha value is -0.170. The zero-order chi connectivity index (χ0) is 14.5. The SMILES string of the molecule is CC1CC(C)CN(S(=O)(=O)N2CC3CNCC3C2C)C1. The lowest BCUT2D eigenvalue weighted by molar-refractivity contribution is 0.205. The quantitative estimate of drug-likeness (QED) is 0.819. The molecule has 0 aromatic rings. The summed E-state index contributed by atoms with van der Waals surface area (Å²) < 4.78 is 29.4. The maximum atomic E-state index is 13.0. The second-order valence-corrected chi connectivity index (χ2v) is 9.04. The molecule has 0 spiro atoms. The van der Waals surface area contributed by atoms with Crippen LogP contribution in [0, 0.1) is 23.7 Å². The Kier molecular flexibility index (Phi) is 3.86. The first kappa shape index (κ1) is 14.8. The van der Waals surface area contributed by atoms with E-state index < -0.39 is 10.2 Å². The molecular formula is C14H27N3O2S. The Labute approximate surface area is 122 Å². The molecule has 0 aromatic carbocycles. The molecule has 3 fully saturated rings. The van der Waals surface area contributed by atoms with Crippen molar-refractivity contribution in [2.75, 3.05) is 32.7 Å². The minimum absolute atomic E-state index is 0.132. The van der Waals surface area contributed by atoms with Crippen LogP contribution in [0.2, 0.25) is 0 Å². The van der Waals surface area contributed by atoms with E-state index in [1.165, 1.54) is 0 Å². The smallest absolute Gasteiger partial charge is 0.282 e. The van der Waals surface area contributed by atoms with Crippen LogP contribution in [-0.4, -0.2) is 55.8 Å². The van der Waals surface area contributed by atoms with Crippen molar-refractivity contribution >= 4 is 10.2 Å². The van der Waals surface area contributed by atoms with Gasteiger partial charge in [0.15, 0.2) is 0 Å². The molecule has 0 aliphatic carbocycles. The molecule has 0 amide bonds. The van der Waals surface area contributed by atoms with Crippen molar-refractivity contribution in [3.8, 4) is 0 Å². The van der Waals surface area contributed by atoms with Crippen molar-refractivity contribution in [2.45, 2.75) is 33.2 Å². The summed E-state index contributed by atoms with van der Waals surface area (Å²) in [7, 11) is -3.28. The number of nitrogens with one attached hydrogen (secondary N) is 1. The maximum Gasteiger partial charge on any atom is 0.282 e. The summed E-state index contributed by atoms with van der Waals surface area (Å²) in [6.45, 7) is 10.4. The Balaban J connectivity index is 1.78.